The predicted octanol–water partition coefficient (Wildman–Crippen LogP) is 3.81. The lowest BCUT2D eigenvalue weighted by atomic mass is 10.1. The van der Waals surface area contributed by atoms with Crippen molar-refractivity contribution in [1.82, 2.24) is 4.57 Å². The Morgan fingerprint density at radius 1 is 1.19 bits per heavy atom. The Morgan fingerprint density at radius 2 is 1.81 bits per heavy atom. The van der Waals surface area contributed by atoms with E-state index in [1.54, 1.807) is 0 Å². The molecule has 2 heteroatoms. The van der Waals surface area contributed by atoms with E-state index in [9.17, 15) is 4.79 Å². The molecule has 88 valence electrons. The fourth-order valence-electron chi connectivity index (χ4n) is 3.00. The Balaban J connectivity index is 2.30. The van der Waals surface area contributed by atoms with Gasteiger partial charge in [0.2, 0.25) is 0 Å². The molecule has 0 unspecified atom stereocenters. The molecular weight excluding hydrogens is 198 g/mol. The average molecular weight is 219 g/mol. The highest BCUT2D eigenvalue weighted by molar-refractivity contribution is 5.77. The van der Waals surface area contributed by atoms with Gasteiger partial charge in [0, 0.05) is 23.0 Å². The van der Waals surface area contributed by atoms with E-state index in [1.165, 1.54) is 44.2 Å². The van der Waals surface area contributed by atoms with E-state index < -0.39 is 0 Å². The molecule has 0 spiro atoms. The predicted molar refractivity (Wildman–Crippen MR) is 66.0 cm³/mol. The zero-order chi connectivity index (χ0) is 11.5. The highest BCUT2D eigenvalue weighted by atomic mass is 16.1. The molecule has 2 nitrogen and oxygen atoms in total. The molecule has 1 aliphatic carbocycles. The molecular formula is C14H21NO. The summed E-state index contributed by atoms with van der Waals surface area (Å²) in [6, 6.07) is 2.64. The fourth-order valence-corrected chi connectivity index (χ4v) is 3.00. The molecule has 0 N–H and O–H groups in total. The van der Waals surface area contributed by atoms with Crippen LogP contribution in [0.3, 0.4) is 0 Å². The van der Waals surface area contributed by atoms with Crippen molar-refractivity contribution < 1.29 is 4.79 Å². The number of aldehydes is 1. The molecule has 0 atom stereocenters. The number of aryl methyl sites for hydroxylation is 1. The second-order valence-corrected chi connectivity index (χ2v) is 4.96. The molecule has 1 saturated carbocycles. The Labute approximate surface area is 97.7 Å². The number of rotatable bonds is 2. The summed E-state index contributed by atoms with van der Waals surface area (Å²) in [6.45, 7) is 4.19. The van der Waals surface area contributed by atoms with Crippen LogP contribution in [0, 0.1) is 13.8 Å². The number of carbonyl (C=O) groups is 1. The van der Waals surface area contributed by atoms with Gasteiger partial charge in [0.05, 0.1) is 0 Å². The fraction of sp³-hybridized carbons (Fsp3) is 0.643. The highest BCUT2D eigenvalue weighted by Gasteiger charge is 2.18. The molecule has 0 aromatic carbocycles. The normalized spacial score (nSPS) is 18.4. The Bertz CT molecular complexity index is 370. The molecule has 2 rings (SSSR count). The molecule has 0 aliphatic heterocycles. The van der Waals surface area contributed by atoms with Gasteiger partial charge in [-0.05, 0) is 32.8 Å². The van der Waals surface area contributed by atoms with Gasteiger partial charge < -0.3 is 4.57 Å². The summed E-state index contributed by atoms with van der Waals surface area (Å²) in [6.07, 6.45) is 8.93. The summed E-state index contributed by atoms with van der Waals surface area (Å²) >= 11 is 0. The van der Waals surface area contributed by atoms with Gasteiger partial charge >= 0.3 is 0 Å². The third kappa shape index (κ3) is 2.06. The van der Waals surface area contributed by atoms with Crippen molar-refractivity contribution in [3.05, 3.63) is 23.0 Å². The minimum absolute atomic E-state index is 0.621. The minimum atomic E-state index is 0.621. The van der Waals surface area contributed by atoms with E-state index >= 15 is 0 Å². The number of hydrogen-bond acceptors (Lipinski definition) is 1. The van der Waals surface area contributed by atoms with Crippen LogP contribution in [0.1, 0.15) is 66.3 Å². The van der Waals surface area contributed by atoms with Crippen LogP contribution in [0.15, 0.2) is 6.07 Å². The van der Waals surface area contributed by atoms with E-state index in [0.29, 0.717) is 6.04 Å². The molecule has 0 radical (unpaired) electrons. The first-order chi connectivity index (χ1) is 7.74. The molecule has 1 fully saturated rings. The van der Waals surface area contributed by atoms with Crippen LogP contribution < -0.4 is 0 Å². The van der Waals surface area contributed by atoms with Crippen molar-refractivity contribution in [3.63, 3.8) is 0 Å². The van der Waals surface area contributed by atoms with Crippen molar-refractivity contribution >= 4 is 6.29 Å². The standard InChI is InChI=1S/C14H21NO/c1-11-9-13(10-16)12(2)15(11)14-7-5-3-4-6-8-14/h9-10,14H,3-8H2,1-2H3. The van der Waals surface area contributed by atoms with Crippen molar-refractivity contribution in [2.75, 3.05) is 0 Å². The Morgan fingerprint density at radius 3 is 2.31 bits per heavy atom. The van der Waals surface area contributed by atoms with Crippen LogP contribution >= 0.6 is 0 Å². The van der Waals surface area contributed by atoms with Crippen LogP contribution in [0.25, 0.3) is 0 Å². The van der Waals surface area contributed by atoms with Gasteiger partial charge in [0.1, 0.15) is 0 Å². The second kappa shape index (κ2) is 4.86. The third-order valence-electron chi connectivity index (χ3n) is 3.84. The molecule has 16 heavy (non-hydrogen) atoms. The number of nitrogens with zero attached hydrogens (tertiary/aromatic N) is 1. The average Bonchev–Trinajstić information content (AvgIpc) is 2.49. The number of carbonyl (C=O) groups excluding carboxylic acids is 1. The number of hydrogen-bond donors (Lipinski definition) is 0. The Hall–Kier alpha value is -1.05. The molecule has 1 heterocycles. The molecule has 0 bridgehead atoms. The maximum Gasteiger partial charge on any atom is 0.151 e. The highest BCUT2D eigenvalue weighted by Crippen LogP contribution is 2.30. The zero-order valence-corrected chi connectivity index (χ0v) is 10.3. The monoisotopic (exact) mass is 219 g/mol. The van der Waals surface area contributed by atoms with Gasteiger partial charge in [0.15, 0.2) is 6.29 Å². The Kier molecular flexibility index (Phi) is 3.47. The van der Waals surface area contributed by atoms with E-state index in [0.717, 1.165) is 17.5 Å². The van der Waals surface area contributed by atoms with Crippen molar-refractivity contribution in [2.45, 2.75) is 58.4 Å². The van der Waals surface area contributed by atoms with Crippen LogP contribution in [0.4, 0.5) is 0 Å². The summed E-state index contributed by atoms with van der Waals surface area (Å²) in [7, 11) is 0. The first kappa shape index (κ1) is 11.4. The van der Waals surface area contributed by atoms with Gasteiger partial charge in [-0.3, -0.25) is 4.79 Å². The van der Waals surface area contributed by atoms with Crippen LogP contribution in [-0.2, 0) is 0 Å². The summed E-state index contributed by atoms with van der Waals surface area (Å²) < 4.78 is 2.38. The lowest BCUT2D eigenvalue weighted by Crippen LogP contribution is -2.11. The molecule has 0 amide bonds. The first-order valence-corrected chi connectivity index (χ1v) is 6.37. The van der Waals surface area contributed by atoms with E-state index in [2.05, 4.69) is 18.4 Å². The van der Waals surface area contributed by atoms with Gasteiger partial charge in [-0.15, -0.1) is 0 Å². The van der Waals surface area contributed by atoms with Gasteiger partial charge in [-0.25, -0.2) is 0 Å². The SMILES string of the molecule is Cc1cc(C=O)c(C)n1C1CCCCCC1. The quantitative estimate of drug-likeness (QED) is 0.547. The largest absolute Gasteiger partial charge is 0.345 e. The smallest absolute Gasteiger partial charge is 0.151 e. The van der Waals surface area contributed by atoms with Crippen molar-refractivity contribution in [3.8, 4) is 0 Å². The molecule has 1 aromatic heterocycles. The van der Waals surface area contributed by atoms with Crippen LogP contribution in [0.5, 0.6) is 0 Å². The van der Waals surface area contributed by atoms with Gasteiger partial charge in [0.25, 0.3) is 0 Å². The molecule has 0 saturated heterocycles. The first-order valence-electron chi connectivity index (χ1n) is 6.37. The van der Waals surface area contributed by atoms with E-state index in [4.69, 9.17) is 0 Å². The minimum Gasteiger partial charge on any atom is -0.345 e. The summed E-state index contributed by atoms with van der Waals surface area (Å²) in [5.74, 6) is 0. The molecule has 1 aliphatic rings. The number of aromatic nitrogens is 1. The lowest BCUT2D eigenvalue weighted by molar-refractivity contribution is 0.112. The zero-order valence-electron chi connectivity index (χ0n) is 10.3. The van der Waals surface area contributed by atoms with Crippen molar-refractivity contribution in [1.29, 1.82) is 0 Å². The summed E-state index contributed by atoms with van der Waals surface area (Å²) in [5.41, 5.74) is 3.26. The van der Waals surface area contributed by atoms with Crippen LogP contribution in [0.2, 0.25) is 0 Å². The summed E-state index contributed by atoms with van der Waals surface area (Å²) in [5, 5.41) is 0. The maximum atomic E-state index is 10.9. The van der Waals surface area contributed by atoms with E-state index in [-0.39, 0.29) is 0 Å². The lowest BCUT2D eigenvalue weighted by Gasteiger charge is -2.21. The third-order valence-corrected chi connectivity index (χ3v) is 3.84. The summed E-state index contributed by atoms with van der Waals surface area (Å²) in [4.78, 5) is 10.9. The second-order valence-electron chi connectivity index (χ2n) is 4.96. The maximum absolute atomic E-state index is 10.9. The van der Waals surface area contributed by atoms with Gasteiger partial charge in [-0.2, -0.15) is 0 Å². The molecule has 1 aromatic rings. The van der Waals surface area contributed by atoms with Crippen molar-refractivity contribution in [2.24, 2.45) is 0 Å². The van der Waals surface area contributed by atoms with E-state index in [1.807, 2.05) is 6.07 Å². The van der Waals surface area contributed by atoms with Crippen LogP contribution in [-0.4, -0.2) is 10.9 Å². The van der Waals surface area contributed by atoms with Gasteiger partial charge in [-0.1, -0.05) is 25.7 Å². The topological polar surface area (TPSA) is 22.0 Å².